The SMILES string of the molecule is Cl.NC(=O)CC(N)C(=O)N1CCOC(c2ccc(F)cc2)C1. The molecule has 1 saturated heterocycles. The number of rotatable bonds is 4. The van der Waals surface area contributed by atoms with E-state index in [1.165, 1.54) is 12.1 Å². The molecule has 1 aliphatic rings. The number of primary amides is 1. The first-order chi connectivity index (χ1) is 9.97. The standard InChI is InChI=1S/C14H18FN3O3.ClH/c15-10-3-1-9(2-4-10)12-8-18(5-6-21-12)14(20)11(16)7-13(17)19;/h1-4,11-12H,5-8,16H2,(H2,17,19);1H. The van der Waals surface area contributed by atoms with Gasteiger partial charge < -0.3 is 21.1 Å². The number of amides is 2. The lowest BCUT2D eigenvalue weighted by atomic mass is 10.1. The molecule has 2 unspecified atom stereocenters. The Morgan fingerprint density at radius 3 is 2.59 bits per heavy atom. The molecule has 4 N–H and O–H groups in total. The zero-order chi connectivity index (χ0) is 15.4. The highest BCUT2D eigenvalue weighted by Crippen LogP contribution is 2.22. The summed E-state index contributed by atoms with van der Waals surface area (Å²) in [4.78, 5) is 24.5. The van der Waals surface area contributed by atoms with E-state index in [1.807, 2.05) is 0 Å². The number of hydrogen-bond acceptors (Lipinski definition) is 4. The fraction of sp³-hybridized carbons (Fsp3) is 0.429. The number of nitrogens with zero attached hydrogens (tertiary/aromatic N) is 1. The van der Waals surface area contributed by atoms with Gasteiger partial charge in [0.2, 0.25) is 11.8 Å². The number of halogens is 2. The summed E-state index contributed by atoms with van der Waals surface area (Å²) in [5.41, 5.74) is 11.5. The highest BCUT2D eigenvalue weighted by Gasteiger charge is 2.29. The van der Waals surface area contributed by atoms with Gasteiger partial charge in [-0.2, -0.15) is 0 Å². The van der Waals surface area contributed by atoms with Crippen LogP contribution in [0.4, 0.5) is 4.39 Å². The normalized spacial score (nSPS) is 19.2. The Hall–Kier alpha value is -1.70. The van der Waals surface area contributed by atoms with Crippen LogP contribution in [0.15, 0.2) is 24.3 Å². The van der Waals surface area contributed by atoms with Gasteiger partial charge in [0.05, 0.1) is 25.6 Å². The maximum Gasteiger partial charge on any atom is 0.240 e. The van der Waals surface area contributed by atoms with Crippen LogP contribution >= 0.6 is 12.4 Å². The lowest BCUT2D eigenvalue weighted by Gasteiger charge is -2.34. The predicted octanol–water partition coefficient (Wildman–Crippen LogP) is 0.350. The molecule has 2 rings (SSSR count). The van der Waals surface area contributed by atoms with Crippen LogP contribution in [-0.4, -0.2) is 42.5 Å². The highest BCUT2D eigenvalue weighted by atomic mass is 35.5. The zero-order valence-electron chi connectivity index (χ0n) is 11.9. The largest absolute Gasteiger partial charge is 0.370 e. The third-order valence-electron chi connectivity index (χ3n) is 3.36. The Kier molecular flexibility index (Phi) is 6.73. The quantitative estimate of drug-likeness (QED) is 0.831. The summed E-state index contributed by atoms with van der Waals surface area (Å²) in [5, 5.41) is 0. The van der Waals surface area contributed by atoms with E-state index >= 15 is 0 Å². The maximum atomic E-state index is 12.9. The summed E-state index contributed by atoms with van der Waals surface area (Å²) in [6.45, 7) is 1.08. The fourth-order valence-corrected chi connectivity index (χ4v) is 2.27. The summed E-state index contributed by atoms with van der Waals surface area (Å²) in [5.74, 6) is -1.27. The predicted molar refractivity (Wildman–Crippen MR) is 80.7 cm³/mol. The first-order valence-corrected chi connectivity index (χ1v) is 6.67. The van der Waals surface area contributed by atoms with Crippen LogP contribution in [0.5, 0.6) is 0 Å². The van der Waals surface area contributed by atoms with Crippen molar-refractivity contribution < 1.29 is 18.7 Å². The van der Waals surface area contributed by atoms with Gasteiger partial charge in [0.25, 0.3) is 0 Å². The lowest BCUT2D eigenvalue weighted by Crippen LogP contribution is -2.50. The molecular formula is C14H19ClFN3O3. The average Bonchev–Trinajstić information content (AvgIpc) is 2.46. The average molecular weight is 332 g/mol. The Morgan fingerprint density at radius 1 is 1.36 bits per heavy atom. The molecular weight excluding hydrogens is 313 g/mol. The van der Waals surface area contributed by atoms with E-state index in [0.29, 0.717) is 19.7 Å². The molecule has 122 valence electrons. The van der Waals surface area contributed by atoms with Gasteiger partial charge in [-0.3, -0.25) is 9.59 Å². The number of benzene rings is 1. The topological polar surface area (TPSA) is 98.7 Å². The van der Waals surface area contributed by atoms with Gasteiger partial charge in [-0.25, -0.2) is 4.39 Å². The summed E-state index contributed by atoms with van der Waals surface area (Å²) in [6, 6.07) is 5.00. The molecule has 1 aromatic carbocycles. The first-order valence-electron chi connectivity index (χ1n) is 6.67. The van der Waals surface area contributed by atoms with E-state index in [4.69, 9.17) is 16.2 Å². The lowest BCUT2D eigenvalue weighted by molar-refractivity contribution is -0.141. The second kappa shape index (κ2) is 8.07. The zero-order valence-corrected chi connectivity index (χ0v) is 12.7. The Labute approximate surface area is 134 Å². The van der Waals surface area contributed by atoms with Crippen molar-refractivity contribution in [3.05, 3.63) is 35.6 Å². The van der Waals surface area contributed by atoms with E-state index in [1.54, 1.807) is 17.0 Å². The van der Waals surface area contributed by atoms with Crippen molar-refractivity contribution in [2.45, 2.75) is 18.6 Å². The van der Waals surface area contributed by atoms with Crippen molar-refractivity contribution in [1.29, 1.82) is 0 Å². The van der Waals surface area contributed by atoms with Gasteiger partial charge in [-0.05, 0) is 17.7 Å². The van der Waals surface area contributed by atoms with Gasteiger partial charge in [0.1, 0.15) is 11.9 Å². The molecule has 8 heteroatoms. The summed E-state index contributed by atoms with van der Waals surface area (Å²) in [6.07, 6.45) is -0.513. The number of morpholine rings is 1. The van der Waals surface area contributed by atoms with Crippen LogP contribution in [-0.2, 0) is 14.3 Å². The molecule has 0 radical (unpaired) electrons. The minimum absolute atomic E-state index is 0. The fourth-order valence-electron chi connectivity index (χ4n) is 2.27. The van der Waals surface area contributed by atoms with Crippen molar-refractivity contribution in [3.8, 4) is 0 Å². The van der Waals surface area contributed by atoms with Crippen LogP contribution in [0, 0.1) is 5.82 Å². The third-order valence-corrected chi connectivity index (χ3v) is 3.36. The molecule has 0 aliphatic carbocycles. The second-order valence-corrected chi connectivity index (χ2v) is 4.97. The van der Waals surface area contributed by atoms with Gasteiger partial charge >= 0.3 is 0 Å². The molecule has 1 heterocycles. The van der Waals surface area contributed by atoms with Crippen LogP contribution in [0.25, 0.3) is 0 Å². The van der Waals surface area contributed by atoms with Crippen molar-refractivity contribution in [2.75, 3.05) is 19.7 Å². The molecule has 1 fully saturated rings. The Bertz CT molecular complexity index is 527. The second-order valence-electron chi connectivity index (χ2n) is 4.97. The van der Waals surface area contributed by atoms with Gasteiger partial charge in [0.15, 0.2) is 0 Å². The number of carbonyl (C=O) groups is 2. The molecule has 6 nitrogen and oxygen atoms in total. The van der Waals surface area contributed by atoms with Crippen molar-refractivity contribution in [3.63, 3.8) is 0 Å². The molecule has 1 aliphatic heterocycles. The number of ether oxygens (including phenoxy) is 1. The van der Waals surface area contributed by atoms with Crippen LogP contribution in [0.1, 0.15) is 18.1 Å². The van der Waals surface area contributed by atoms with E-state index in [2.05, 4.69) is 0 Å². The molecule has 22 heavy (non-hydrogen) atoms. The molecule has 1 aromatic rings. The van der Waals surface area contributed by atoms with Crippen molar-refractivity contribution in [2.24, 2.45) is 11.5 Å². The van der Waals surface area contributed by atoms with E-state index in [0.717, 1.165) is 5.56 Å². The number of nitrogens with two attached hydrogens (primary N) is 2. The van der Waals surface area contributed by atoms with E-state index in [9.17, 15) is 14.0 Å². The third kappa shape index (κ3) is 4.66. The molecule has 0 aromatic heterocycles. The molecule has 2 atom stereocenters. The molecule has 2 amide bonds. The number of hydrogen-bond donors (Lipinski definition) is 2. The van der Waals surface area contributed by atoms with E-state index < -0.39 is 11.9 Å². The minimum atomic E-state index is -0.936. The maximum absolute atomic E-state index is 12.9. The molecule has 0 spiro atoms. The van der Waals surface area contributed by atoms with Crippen LogP contribution < -0.4 is 11.5 Å². The van der Waals surface area contributed by atoms with Crippen molar-refractivity contribution >= 4 is 24.2 Å². The highest BCUT2D eigenvalue weighted by molar-refractivity contribution is 5.87. The Morgan fingerprint density at radius 2 is 2.00 bits per heavy atom. The molecule has 0 saturated carbocycles. The van der Waals surface area contributed by atoms with Crippen LogP contribution in [0.3, 0.4) is 0 Å². The van der Waals surface area contributed by atoms with E-state index in [-0.39, 0.29) is 36.7 Å². The minimum Gasteiger partial charge on any atom is -0.370 e. The van der Waals surface area contributed by atoms with Crippen molar-refractivity contribution in [1.82, 2.24) is 4.90 Å². The monoisotopic (exact) mass is 331 g/mol. The summed E-state index contributed by atoms with van der Waals surface area (Å²) >= 11 is 0. The van der Waals surface area contributed by atoms with Gasteiger partial charge in [-0.15, -0.1) is 12.4 Å². The van der Waals surface area contributed by atoms with Gasteiger partial charge in [-0.1, -0.05) is 12.1 Å². The smallest absolute Gasteiger partial charge is 0.240 e. The first kappa shape index (κ1) is 18.3. The van der Waals surface area contributed by atoms with Crippen LogP contribution in [0.2, 0.25) is 0 Å². The summed E-state index contributed by atoms with van der Waals surface area (Å²) in [7, 11) is 0. The molecule has 0 bridgehead atoms. The number of carbonyl (C=O) groups excluding carboxylic acids is 2. The Balaban J connectivity index is 0.00000242. The summed E-state index contributed by atoms with van der Waals surface area (Å²) < 4.78 is 18.5. The van der Waals surface area contributed by atoms with Gasteiger partial charge in [0, 0.05) is 6.54 Å².